The zero-order valence-corrected chi connectivity index (χ0v) is 13.4. The Morgan fingerprint density at radius 2 is 1.90 bits per heavy atom. The van der Waals surface area contributed by atoms with E-state index in [1.165, 1.54) is 11.1 Å². The van der Waals surface area contributed by atoms with E-state index < -0.39 is 0 Å². The van der Waals surface area contributed by atoms with Crippen LogP contribution in [0.2, 0.25) is 0 Å². The number of benzene rings is 1. The van der Waals surface area contributed by atoms with Gasteiger partial charge in [0.15, 0.2) is 0 Å². The summed E-state index contributed by atoms with van der Waals surface area (Å²) in [5.41, 5.74) is 2.60. The van der Waals surface area contributed by atoms with E-state index in [0.29, 0.717) is 0 Å². The van der Waals surface area contributed by atoms with Gasteiger partial charge in [-0.25, -0.2) is 0 Å². The first kappa shape index (κ1) is 15.8. The Bertz CT molecular complexity index is 533. The van der Waals surface area contributed by atoms with Crippen molar-refractivity contribution in [2.24, 2.45) is 0 Å². The highest BCUT2D eigenvalue weighted by Gasteiger charge is 2.09. The lowest BCUT2D eigenvalue weighted by Crippen LogP contribution is -2.16. The van der Waals surface area contributed by atoms with Gasteiger partial charge in [-0.3, -0.25) is 4.90 Å². The van der Waals surface area contributed by atoms with Crippen LogP contribution in [0.4, 0.5) is 0 Å². The van der Waals surface area contributed by atoms with Crippen molar-refractivity contribution in [1.82, 2.24) is 10.2 Å². The van der Waals surface area contributed by atoms with Crippen LogP contribution in [0.15, 0.2) is 40.8 Å². The molecule has 21 heavy (non-hydrogen) atoms. The fourth-order valence-electron chi connectivity index (χ4n) is 2.46. The van der Waals surface area contributed by atoms with Crippen LogP contribution in [0.1, 0.15) is 36.0 Å². The normalized spacial score (nSPS) is 11.2. The Morgan fingerprint density at radius 1 is 1.14 bits per heavy atom. The van der Waals surface area contributed by atoms with Crippen molar-refractivity contribution in [3.8, 4) is 0 Å². The molecule has 0 unspecified atom stereocenters. The van der Waals surface area contributed by atoms with Gasteiger partial charge in [0, 0.05) is 18.7 Å². The summed E-state index contributed by atoms with van der Waals surface area (Å²) in [6.45, 7) is 7.94. The van der Waals surface area contributed by atoms with Gasteiger partial charge in [0.2, 0.25) is 0 Å². The summed E-state index contributed by atoms with van der Waals surface area (Å²) in [6, 6.07) is 12.7. The third kappa shape index (κ3) is 5.03. The molecule has 0 fully saturated rings. The average molecular weight is 286 g/mol. The molecule has 3 nitrogen and oxygen atoms in total. The van der Waals surface area contributed by atoms with Gasteiger partial charge >= 0.3 is 0 Å². The second-order valence-corrected chi connectivity index (χ2v) is 5.63. The predicted octanol–water partition coefficient (Wildman–Crippen LogP) is 3.72. The summed E-state index contributed by atoms with van der Waals surface area (Å²) in [5.74, 6) is 2.07. The quantitative estimate of drug-likeness (QED) is 0.750. The maximum atomic E-state index is 5.87. The molecule has 114 valence electrons. The molecule has 1 N–H and O–H groups in total. The molecule has 0 radical (unpaired) electrons. The molecular formula is C18H26N2O. The minimum Gasteiger partial charge on any atom is -0.465 e. The van der Waals surface area contributed by atoms with E-state index in [2.05, 4.69) is 60.6 Å². The van der Waals surface area contributed by atoms with E-state index in [4.69, 9.17) is 4.42 Å². The minimum absolute atomic E-state index is 0.837. The standard InChI is InChI=1S/C18H26N2O/c1-4-10-19-12-17-11-18(21-15(17)2)14-20(3)13-16-8-6-5-7-9-16/h5-9,11,19H,4,10,12-14H2,1-3H3. The van der Waals surface area contributed by atoms with E-state index in [-0.39, 0.29) is 0 Å². The molecule has 1 aromatic heterocycles. The lowest BCUT2D eigenvalue weighted by molar-refractivity contribution is 0.285. The van der Waals surface area contributed by atoms with Crippen molar-refractivity contribution in [2.75, 3.05) is 13.6 Å². The molecule has 0 aliphatic carbocycles. The fourth-order valence-corrected chi connectivity index (χ4v) is 2.46. The Balaban J connectivity index is 1.89. The molecule has 0 bridgehead atoms. The molecule has 3 heteroatoms. The van der Waals surface area contributed by atoms with Crippen LogP contribution in [0.5, 0.6) is 0 Å². The number of furan rings is 1. The largest absolute Gasteiger partial charge is 0.465 e. The van der Waals surface area contributed by atoms with E-state index in [1.807, 2.05) is 6.92 Å². The smallest absolute Gasteiger partial charge is 0.118 e. The Morgan fingerprint density at radius 3 is 2.62 bits per heavy atom. The van der Waals surface area contributed by atoms with Gasteiger partial charge in [0.1, 0.15) is 11.5 Å². The summed E-state index contributed by atoms with van der Waals surface area (Å²) in [4.78, 5) is 2.27. The van der Waals surface area contributed by atoms with Gasteiger partial charge < -0.3 is 9.73 Å². The van der Waals surface area contributed by atoms with E-state index in [1.54, 1.807) is 0 Å². The van der Waals surface area contributed by atoms with Gasteiger partial charge in [0.25, 0.3) is 0 Å². The van der Waals surface area contributed by atoms with Crippen molar-refractivity contribution >= 4 is 0 Å². The highest BCUT2D eigenvalue weighted by molar-refractivity contribution is 5.21. The molecule has 2 aromatic rings. The summed E-state index contributed by atoms with van der Waals surface area (Å²) in [6.07, 6.45) is 1.16. The van der Waals surface area contributed by atoms with Crippen LogP contribution in [0, 0.1) is 6.92 Å². The first-order valence-electron chi connectivity index (χ1n) is 7.70. The van der Waals surface area contributed by atoms with Crippen LogP contribution in [0.3, 0.4) is 0 Å². The molecule has 1 aromatic carbocycles. The molecule has 2 rings (SSSR count). The molecule has 0 atom stereocenters. The van der Waals surface area contributed by atoms with Crippen LogP contribution in [-0.4, -0.2) is 18.5 Å². The van der Waals surface area contributed by atoms with E-state index in [9.17, 15) is 0 Å². The second kappa shape index (κ2) is 8.01. The summed E-state index contributed by atoms with van der Waals surface area (Å²) >= 11 is 0. The molecule has 0 aliphatic rings. The van der Waals surface area contributed by atoms with Gasteiger partial charge in [-0.05, 0) is 38.6 Å². The zero-order valence-electron chi connectivity index (χ0n) is 13.4. The van der Waals surface area contributed by atoms with Gasteiger partial charge in [0.05, 0.1) is 6.54 Å². The molecule has 0 saturated carbocycles. The molecular weight excluding hydrogens is 260 g/mol. The first-order chi connectivity index (χ1) is 10.2. The number of rotatable bonds is 8. The zero-order chi connectivity index (χ0) is 15.1. The van der Waals surface area contributed by atoms with Crippen LogP contribution < -0.4 is 5.32 Å². The molecule has 0 spiro atoms. The fraction of sp³-hybridized carbons (Fsp3) is 0.444. The van der Waals surface area contributed by atoms with Crippen molar-refractivity contribution < 1.29 is 4.42 Å². The topological polar surface area (TPSA) is 28.4 Å². The Labute approximate surface area is 128 Å². The van der Waals surface area contributed by atoms with Gasteiger partial charge in [-0.1, -0.05) is 37.3 Å². The summed E-state index contributed by atoms with van der Waals surface area (Å²) in [5, 5.41) is 3.43. The van der Waals surface area contributed by atoms with E-state index >= 15 is 0 Å². The highest BCUT2D eigenvalue weighted by Crippen LogP contribution is 2.16. The van der Waals surface area contributed by atoms with E-state index in [0.717, 1.165) is 44.1 Å². The number of hydrogen-bond acceptors (Lipinski definition) is 3. The van der Waals surface area contributed by atoms with Crippen molar-refractivity contribution in [3.05, 3.63) is 59.0 Å². The Kier molecular flexibility index (Phi) is 6.03. The van der Waals surface area contributed by atoms with Crippen LogP contribution in [0.25, 0.3) is 0 Å². The van der Waals surface area contributed by atoms with Crippen LogP contribution >= 0.6 is 0 Å². The molecule has 1 heterocycles. The van der Waals surface area contributed by atoms with Crippen LogP contribution in [-0.2, 0) is 19.6 Å². The second-order valence-electron chi connectivity index (χ2n) is 5.63. The molecule has 0 aliphatic heterocycles. The average Bonchev–Trinajstić information content (AvgIpc) is 2.80. The monoisotopic (exact) mass is 286 g/mol. The summed E-state index contributed by atoms with van der Waals surface area (Å²) < 4.78 is 5.87. The number of aryl methyl sites for hydroxylation is 1. The van der Waals surface area contributed by atoms with Crippen molar-refractivity contribution in [3.63, 3.8) is 0 Å². The lowest BCUT2D eigenvalue weighted by Gasteiger charge is -2.14. The number of nitrogens with zero attached hydrogens (tertiary/aromatic N) is 1. The SMILES string of the molecule is CCCNCc1cc(CN(C)Cc2ccccc2)oc1C. The number of hydrogen-bond donors (Lipinski definition) is 1. The first-order valence-corrected chi connectivity index (χ1v) is 7.70. The minimum atomic E-state index is 0.837. The third-order valence-electron chi connectivity index (χ3n) is 3.53. The number of nitrogens with one attached hydrogen (secondary N) is 1. The molecule has 0 saturated heterocycles. The van der Waals surface area contributed by atoms with Gasteiger partial charge in [-0.15, -0.1) is 0 Å². The summed E-state index contributed by atoms with van der Waals surface area (Å²) in [7, 11) is 2.12. The third-order valence-corrected chi connectivity index (χ3v) is 3.53. The lowest BCUT2D eigenvalue weighted by atomic mass is 10.2. The maximum Gasteiger partial charge on any atom is 0.118 e. The van der Waals surface area contributed by atoms with Crippen molar-refractivity contribution in [1.29, 1.82) is 0 Å². The van der Waals surface area contributed by atoms with Gasteiger partial charge in [-0.2, -0.15) is 0 Å². The molecule has 0 amide bonds. The highest BCUT2D eigenvalue weighted by atomic mass is 16.3. The Hall–Kier alpha value is -1.58. The predicted molar refractivity (Wildman–Crippen MR) is 87.1 cm³/mol. The maximum absolute atomic E-state index is 5.87. The van der Waals surface area contributed by atoms with Crippen molar-refractivity contribution in [2.45, 2.75) is 39.9 Å².